The number of phenols is 6. The summed E-state index contributed by atoms with van der Waals surface area (Å²) < 4.78 is 6.38. The Kier molecular flexibility index (Phi) is 44.1. The minimum atomic E-state index is -1.52. The van der Waals surface area contributed by atoms with Gasteiger partial charge in [-0.05, 0) is 226 Å². The molecule has 0 saturated heterocycles. The van der Waals surface area contributed by atoms with Gasteiger partial charge in [0.1, 0.15) is 51.8 Å². The van der Waals surface area contributed by atoms with Crippen LogP contribution in [0.3, 0.4) is 0 Å². The monoisotopic (exact) mass is 2300 g/mol. The smallest absolute Gasteiger partial charge is 0.369 e. The number of aliphatic hydroxyl groups excluding tert-OH is 5. The van der Waals surface area contributed by atoms with Gasteiger partial charge in [-0.3, -0.25) is 14.4 Å². The summed E-state index contributed by atoms with van der Waals surface area (Å²) in [6.45, 7) is 6.32. The van der Waals surface area contributed by atoms with Crippen LogP contribution in [0.5, 0.6) is 40.2 Å². The van der Waals surface area contributed by atoms with E-state index in [0.717, 1.165) is 67.1 Å². The van der Waals surface area contributed by atoms with Gasteiger partial charge in [-0.25, -0.2) is 0 Å². The van der Waals surface area contributed by atoms with Gasteiger partial charge in [0.05, 0.1) is 53.1 Å². The molecule has 766 valence electrons. The largest absolute Gasteiger partial charge is 0.508 e. The molecule has 21 nitrogen and oxygen atoms in total. The fourth-order valence-electron chi connectivity index (χ4n) is 16.3. The first kappa shape index (κ1) is 115. The van der Waals surface area contributed by atoms with Crippen molar-refractivity contribution >= 4 is 198 Å². The van der Waals surface area contributed by atoms with Crippen molar-refractivity contribution in [2.45, 2.75) is 58.5 Å². The number of anilines is 16. The summed E-state index contributed by atoms with van der Waals surface area (Å²) in [6.07, 6.45) is -1.43. The van der Waals surface area contributed by atoms with E-state index >= 15 is 0 Å². The number of phenolic OH excluding ortho intramolecular Hbond substituents is 6. The van der Waals surface area contributed by atoms with Crippen LogP contribution < -0.4 is 34.6 Å². The van der Waals surface area contributed by atoms with Crippen LogP contribution in [0, 0.1) is 20.8 Å². The van der Waals surface area contributed by atoms with Crippen LogP contribution in [0.25, 0.3) is 0 Å². The molecule has 20 rings (SSSR count). The van der Waals surface area contributed by atoms with Crippen molar-refractivity contribution in [3.8, 4) is 40.2 Å². The quantitative estimate of drug-likeness (QED) is 0.0155. The number of halogens is 6. The highest BCUT2D eigenvalue weighted by Crippen LogP contribution is 2.52. The summed E-state index contributed by atoms with van der Waals surface area (Å²) >= 11 is 22.2. The first-order chi connectivity index (χ1) is 72.0. The van der Waals surface area contributed by atoms with Crippen LogP contribution in [0.1, 0.15) is 37.0 Å². The third-order valence-corrected chi connectivity index (χ3v) is 23.2. The lowest BCUT2D eigenvalue weighted by atomic mass is 9.68. The number of Topliss-reactive ketones (excluding diaryl/α,β-unsaturated/α-hetero) is 3. The predicted octanol–water partition coefficient (Wildman–Crippen LogP) is 31.4. The molecule has 2 saturated carbocycles. The molecule has 17 aromatic rings. The number of carbonyl (C=O) groups is 3. The van der Waals surface area contributed by atoms with Gasteiger partial charge >= 0.3 is 3.18 Å². The van der Waals surface area contributed by atoms with Crippen molar-refractivity contribution < 1.29 is 76.7 Å². The number of benzene rings is 17. The van der Waals surface area contributed by atoms with Gasteiger partial charge in [0.2, 0.25) is 11.6 Å². The van der Waals surface area contributed by atoms with Crippen LogP contribution in [-0.4, -0.2) is 114 Å². The minimum absolute atomic E-state index is 0. The Morgan fingerprint density at radius 1 is 0.320 bits per heavy atom. The Balaban J connectivity index is 0.000000192. The fourth-order valence-corrected chi connectivity index (χ4v) is 16.9. The number of ketones is 3. The Labute approximate surface area is 918 Å². The predicted molar refractivity (Wildman–Crippen MR) is 627 cm³/mol. The Hall–Kier alpha value is -15.6. The zero-order valence-corrected chi connectivity index (χ0v) is 89.0. The molecule has 28 heteroatoms. The summed E-state index contributed by atoms with van der Waals surface area (Å²) in [5.41, 5.74) is 17.8. The first-order valence-electron chi connectivity index (χ1n) is 46.7. The number of ether oxygens (including phenoxy) is 1. The Morgan fingerprint density at radius 2 is 0.560 bits per heavy atom. The second kappa shape index (κ2) is 57.7. The number of nitrogens with one attached hydrogen (secondary N) is 1. The van der Waals surface area contributed by atoms with Crippen LogP contribution in [-0.2, 0) is 14.4 Å². The van der Waals surface area contributed by atoms with Crippen molar-refractivity contribution in [2.75, 3.05) is 42.3 Å². The van der Waals surface area contributed by atoms with Gasteiger partial charge in [0, 0.05) is 140 Å². The topological polar surface area (TPSA) is 311 Å². The lowest BCUT2D eigenvalue weighted by Crippen LogP contribution is -2.57. The average Bonchev–Trinajstić information content (AvgIpc) is 0.721. The van der Waals surface area contributed by atoms with Gasteiger partial charge in [-0.1, -0.05) is 248 Å². The summed E-state index contributed by atoms with van der Waals surface area (Å²) in [4.78, 5) is 43.7. The molecule has 0 spiro atoms. The number of aryl methyl sites for hydroxylation is 3. The highest BCUT2D eigenvalue weighted by atomic mass is 79.9. The van der Waals surface area contributed by atoms with Crippen molar-refractivity contribution in [1.82, 2.24) is 0 Å². The maximum Gasteiger partial charge on any atom is 0.369 e. The van der Waals surface area contributed by atoms with E-state index in [0.29, 0.717) is 17.1 Å². The fraction of sp³-hybridized carbons (Fsp3) is 0.0902. The number of alkyl halides is 2. The highest BCUT2D eigenvalue weighted by Gasteiger charge is 2.51. The van der Waals surface area contributed by atoms with Gasteiger partial charge in [-0.15, -0.1) is 70.5 Å². The summed E-state index contributed by atoms with van der Waals surface area (Å²) in [7, 11) is 1.67. The second-order valence-electron chi connectivity index (χ2n) is 33.4. The molecule has 0 amide bonds. The van der Waals surface area contributed by atoms with Crippen molar-refractivity contribution in [3.63, 3.8) is 0 Å². The third-order valence-electron chi connectivity index (χ3n) is 22.7. The molecule has 12 N–H and O–H groups in total. The molecule has 3 aliphatic carbocycles. The minimum Gasteiger partial charge on any atom is -0.508 e. The molecule has 0 bridgehead atoms. The lowest BCUT2D eigenvalue weighted by Gasteiger charge is -2.38. The second-order valence-corrected chi connectivity index (χ2v) is 41.5. The molecule has 0 radical (unpaired) electrons. The SMILES string of the molecule is BrB(Br)Br.C.COc1cc(C)cc(Br)c1.Cc1cc(C)cc(N(c2ccccc2)c2ccccc2)c1.ClCCl.O=C1C(=C2C(O)=CC(N(c3ccccc3)c3ccccc3)C=C2O)C(O)C1c1c(O)cc(N(c2ccccc2)c2ccccc2)cc1O.O=C1C(=O)C(O)C1O.Oc1cc(O)cc(N(c2ccccc2)c2ccccc2)c1.Oc1cc(O)cc(N(c2ccccc2)c2ccccc2)c1.[3HH].c1ccc(Nc2ccccc2)cc1. The van der Waals surface area contributed by atoms with E-state index in [9.17, 15) is 60.3 Å². The molecule has 0 heterocycles. The molecule has 17 aromatic carbocycles. The van der Waals surface area contributed by atoms with Crippen LogP contribution >= 0.6 is 86.4 Å². The van der Waals surface area contributed by atoms with Gasteiger partial charge in [-0.2, -0.15) is 0 Å². The van der Waals surface area contributed by atoms with Gasteiger partial charge in [0.25, 0.3) is 0 Å². The standard InChI is InChI=1S/C40H32N2O6.C20H19N.2C18H15NO2.C12H11N.C8H9BrO.C4H4O4.CH2Cl2.CH4.BBr3.H2/c43-31-21-29(41(25-13-5-1-6-14-25)26-15-7-2-8-16-26)22-32(44)35(31)37-39(47)38(40(37)48)36-33(45)23-30(24-34(36)46)42(27-17-9-3-10-18-27)28-19-11-4-12-20-28;1-16-13-17(2)15-20(14-16)21(18-9-5-3-6-10-18)19-11-7-4-8-12-19;2*20-17-11-16(12-18(21)13-17)19(14-7-3-1-4-8-14)15-9-5-2-6-10-15;1-3-7-11(8-4-1)13-12-9-5-2-6-10-12;1-6-3-7(9)5-8(4-6)10-2;5-1-2(6)4(8)3(1)7;2-1-3;;2-1(3)4;/h1-24,29,38-39,43-47H;3-15H,1-2H3;2*1-13,20-21H;1-10,13H;3-5H,1-2H3;1-2,5-6H;1H2;1H4;;1H/i;;;;;;;;;;1+2. The number of aromatic hydroxyl groups is 6. The van der Waals surface area contributed by atoms with Gasteiger partial charge in [0.15, 0.2) is 18.0 Å². The number of para-hydroxylation sites is 12. The van der Waals surface area contributed by atoms with Crippen LogP contribution in [0.2, 0.25) is 0 Å². The number of hydrogen-bond acceptors (Lipinski definition) is 21. The summed E-state index contributed by atoms with van der Waals surface area (Å²) in [5, 5.41) is 115. The Morgan fingerprint density at radius 3 is 0.807 bits per heavy atom. The molecule has 0 aliphatic heterocycles. The van der Waals surface area contributed by atoms with E-state index in [2.05, 4.69) is 154 Å². The molecule has 4 atom stereocenters. The third kappa shape index (κ3) is 32.2. The number of carbonyl (C=O) groups excluding carboxylic acids is 3. The zero-order valence-electron chi connectivity index (χ0n) is 81.1. The number of aliphatic hydroxyl groups is 5. The van der Waals surface area contributed by atoms with Crippen LogP contribution in [0.4, 0.5) is 91.0 Å². The van der Waals surface area contributed by atoms with Crippen molar-refractivity contribution in [3.05, 3.63) is 510 Å². The van der Waals surface area contributed by atoms with E-state index in [1.54, 1.807) is 31.4 Å². The van der Waals surface area contributed by atoms with E-state index in [1.165, 1.54) is 70.2 Å². The first-order valence-corrected chi connectivity index (χ1v) is 51.3. The average molecular weight is 2310 g/mol. The van der Waals surface area contributed by atoms with E-state index in [4.69, 9.17) is 38.2 Å². The summed E-state index contributed by atoms with van der Waals surface area (Å²) in [6, 6.07) is 142. The van der Waals surface area contributed by atoms with Crippen molar-refractivity contribution in [1.29, 1.82) is 0 Å². The lowest BCUT2D eigenvalue weighted by molar-refractivity contribution is -0.165. The highest BCUT2D eigenvalue weighted by molar-refractivity contribution is 9.69. The molecule has 2 fully saturated rings. The number of nitrogens with zero attached hydrogens (tertiary/aromatic N) is 5. The number of methoxy groups -OCH3 is 1. The van der Waals surface area contributed by atoms with Crippen molar-refractivity contribution in [2.24, 2.45) is 0 Å². The Bertz CT molecular complexity index is 6580. The number of hydrogen-bond donors (Lipinski definition) is 12. The van der Waals surface area contributed by atoms with E-state index < -0.39 is 47.6 Å². The van der Waals surface area contributed by atoms with Gasteiger partial charge < -0.3 is 90.7 Å². The number of rotatable bonds is 19. The van der Waals surface area contributed by atoms with E-state index in [-0.39, 0.29) is 80.1 Å². The molecular weight excluding hydrogens is 2190 g/mol. The molecule has 4 unspecified atom stereocenters. The molecule has 3 aliphatic rings. The zero-order chi connectivity index (χ0) is 106. The van der Waals surface area contributed by atoms with Crippen LogP contribution in [0.15, 0.2) is 488 Å². The normalized spacial score (nSPS) is 14.1. The maximum absolute atomic E-state index is 13.6. The van der Waals surface area contributed by atoms with E-state index in [1.807, 2.05) is 360 Å². The molecule has 150 heavy (non-hydrogen) atoms. The maximum atomic E-state index is 13.6. The molecular formula is C122H113BBr4Cl2N6O15. The molecule has 0 aromatic heterocycles. The summed E-state index contributed by atoms with van der Waals surface area (Å²) in [5.74, 6) is -4.23.